The lowest BCUT2D eigenvalue weighted by Gasteiger charge is -2.50. The van der Waals surface area contributed by atoms with Gasteiger partial charge in [-0.3, -0.25) is 0 Å². The molecule has 0 aliphatic carbocycles. The van der Waals surface area contributed by atoms with Crippen molar-refractivity contribution >= 4 is 0 Å². The van der Waals surface area contributed by atoms with E-state index in [1.54, 1.807) is 0 Å². The molecule has 0 amide bonds. The Bertz CT molecular complexity index is 519. The average molecular weight is 257 g/mol. The maximum absolute atomic E-state index is 9.52. The molecule has 1 aromatic rings. The van der Waals surface area contributed by atoms with E-state index in [1.165, 1.54) is 16.7 Å². The highest BCUT2D eigenvalue weighted by molar-refractivity contribution is 5.43. The van der Waals surface area contributed by atoms with E-state index in [4.69, 9.17) is 4.74 Å². The van der Waals surface area contributed by atoms with Crippen LogP contribution in [0.5, 0.6) is 0 Å². The van der Waals surface area contributed by atoms with Gasteiger partial charge in [0.2, 0.25) is 0 Å². The second-order valence-electron chi connectivity index (χ2n) is 6.54. The summed E-state index contributed by atoms with van der Waals surface area (Å²) in [5.74, 6) is 0.502. The minimum atomic E-state index is -0.411. The highest BCUT2D eigenvalue weighted by Crippen LogP contribution is 2.48. The molecule has 1 heterocycles. The summed E-state index contributed by atoms with van der Waals surface area (Å²) >= 11 is 0. The average Bonchev–Trinajstić information content (AvgIpc) is 2.29. The first-order valence-corrected chi connectivity index (χ1v) is 6.94. The van der Waals surface area contributed by atoms with E-state index in [1.807, 2.05) is 13.8 Å². The molecular weight excluding hydrogens is 234 g/mol. The molecule has 1 aromatic carbocycles. The lowest BCUT2D eigenvalue weighted by atomic mass is 9.60. The minimum absolute atomic E-state index is 0.156. The van der Waals surface area contributed by atoms with Gasteiger partial charge in [-0.25, -0.2) is 0 Å². The van der Waals surface area contributed by atoms with Crippen LogP contribution in [0.3, 0.4) is 0 Å². The molecule has 0 atom stereocenters. The van der Waals surface area contributed by atoms with Crippen molar-refractivity contribution in [3.63, 3.8) is 0 Å². The van der Waals surface area contributed by atoms with Crippen molar-refractivity contribution in [1.29, 1.82) is 5.26 Å². The predicted octanol–water partition coefficient (Wildman–Crippen LogP) is 3.94. The Balaban J connectivity index is 2.56. The van der Waals surface area contributed by atoms with Gasteiger partial charge in [-0.2, -0.15) is 5.26 Å². The molecule has 19 heavy (non-hydrogen) atoms. The van der Waals surface area contributed by atoms with Crippen molar-refractivity contribution < 1.29 is 4.74 Å². The molecule has 2 nitrogen and oxygen atoms in total. The molecule has 1 aliphatic rings. The minimum Gasteiger partial charge on any atom is -0.379 e. The van der Waals surface area contributed by atoms with E-state index in [9.17, 15) is 5.26 Å². The standard InChI is InChI=1S/C17H23NO/c1-12(2)14-7-6-13(3)15(8-14)17(10-19-11-17)16(4,5)9-18/h6-8,12H,10-11H2,1-5H3. The smallest absolute Gasteiger partial charge is 0.0695 e. The first-order chi connectivity index (χ1) is 8.84. The molecule has 0 N–H and O–H groups in total. The van der Waals surface area contributed by atoms with Crippen molar-refractivity contribution in [2.24, 2.45) is 5.41 Å². The first-order valence-electron chi connectivity index (χ1n) is 6.94. The van der Waals surface area contributed by atoms with E-state index in [0.29, 0.717) is 19.1 Å². The molecule has 0 radical (unpaired) electrons. The molecule has 0 unspecified atom stereocenters. The Kier molecular flexibility index (Phi) is 3.45. The fourth-order valence-electron chi connectivity index (χ4n) is 2.78. The summed E-state index contributed by atoms with van der Waals surface area (Å²) in [7, 11) is 0. The third-order valence-electron chi connectivity index (χ3n) is 4.62. The third kappa shape index (κ3) is 2.07. The van der Waals surface area contributed by atoms with E-state index >= 15 is 0 Å². The van der Waals surface area contributed by atoms with Crippen LogP contribution in [0.15, 0.2) is 18.2 Å². The summed E-state index contributed by atoms with van der Waals surface area (Å²) in [4.78, 5) is 0. The number of nitrogens with zero attached hydrogens (tertiary/aromatic N) is 1. The van der Waals surface area contributed by atoms with Crippen LogP contribution in [0.1, 0.15) is 50.3 Å². The third-order valence-corrected chi connectivity index (χ3v) is 4.62. The maximum atomic E-state index is 9.52. The SMILES string of the molecule is Cc1ccc(C(C)C)cc1C1(C(C)(C)C#N)COC1. The zero-order valence-corrected chi connectivity index (χ0v) is 12.6. The topological polar surface area (TPSA) is 33.0 Å². The van der Waals surface area contributed by atoms with Gasteiger partial charge >= 0.3 is 0 Å². The zero-order chi connectivity index (χ0) is 14.3. The van der Waals surface area contributed by atoms with E-state index in [0.717, 1.165) is 0 Å². The molecule has 0 spiro atoms. The summed E-state index contributed by atoms with van der Waals surface area (Å²) in [5.41, 5.74) is 3.32. The summed E-state index contributed by atoms with van der Waals surface area (Å²) in [6.07, 6.45) is 0. The van der Waals surface area contributed by atoms with Crippen molar-refractivity contribution in [2.45, 2.75) is 46.0 Å². The van der Waals surface area contributed by atoms with Crippen molar-refractivity contribution in [2.75, 3.05) is 13.2 Å². The number of hydrogen-bond acceptors (Lipinski definition) is 2. The predicted molar refractivity (Wildman–Crippen MR) is 77.2 cm³/mol. The zero-order valence-electron chi connectivity index (χ0n) is 12.6. The second-order valence-corrected chi connectivity index (χ2v) is 6.54. The Labute approximate surface area is 116 Å². The quantitative estimate of drug-likeness (QED) is 0.821. The van der Waals surface area contributed by atoms with Crippen LogP contribution in [-0.4, -0.2) is 13.2 Å². The van der Waals surface area contributed by atoms with Gasteiger partial charge in [0.25, 0.3) is 0 Å². The van der Waals surface area contributed by atoms with E-state index < -0.39 is 5.41 Å². The summed E-state index contributed by atoms with van der Waals surface area (Å²) in [5, 5.41) is 9.52. The van der Waals surface area contributed by atoms with Gasteiger partial charge in [0.15, 0.2) is 0 Å². The molecule has 0 bridgehead atoms. The maximum Gasteiger partial charge on any atom is 0.0695 e. The molecule has 1 fully saturated rings. The van der Waals surface area contributed by atoms with Crippen LogP contribution in [0, 0.1) is 23.7 Å². The van der Waals surface area contributed by atoms with Crippen molar-refractivity contribution in [1.82, 2.24) is 0 Å². The van der Waals surface area contributed by atoms with Crippen molar-refractivity contribution in [3.8, 4) is 6.07 Å². The second kappa shape index (κ2) is 4.65. The number of rotatable bonds is 3. The molecule has 1 aliphatic heterocycles. The molecule has 0 saturated carbocycles. The Morgan fingerprint density at radius 1 is 1.32 bits per heavy atom. The largest absolute Gasteiger partial charge is 0.379 e. The van der Waals surface area contributed by atoms with Gasteiger partial charge in [0, 0.05) is 0 Å². The van der Waals surface area contributed by atoms with Gasteiger partial charge in [0.1, 0.15) is 0 Å². The summed E-state index contributed by atoms with van der Waals surface area (Å²) in [6, 6.07) is 9.13. The van der Waals surface area contributed by atoms with Crippen LogP contribution in [0.4, 0.5) is 0 Å². The van der Waals surface area contributed by atoms with Gasteiger partial charge in [-0.05, 0) is 43.4 Å². The van der Waals surface area contributed by atoms with Gasteiger partial charge in [0.05, 0.1) is 30.1 Å². The number of aryl methyl sites for hydroxylation is 1. The first kappa shape index (κ1) is 14.1. The van der Waals surface area contributed by atoms with Crippen LogP contribution in [-0.2, 0) is 10.2 Å². The number of nitriles is 1. The number of benzene rings is 1. The summed E-state index contributed by atoms with van der Waals surface area (Å²) < 4.78 is 5.49. The highest BCUT2D eigenvalue weighted by atomic mass is 16.5. The monoisotopic (exact) mass is 257 g/mol. The van der Waals surface area contributed by atoms with Crippen LogP contribution < -0.4 is 0 Å². The Morgan fingerprint density at radius 3 is 2.37 bits per heavy atom. The molecular formula is C17H23NO. The van der Waals surface area contributed by atoms with Crippen molar-refractivity contribution in [3.05, 3.63) is 34.9 Å². The number of hydrogen-bond donors (Lipinski definition) is 0. The fraction of sp³-hybridized carbons (Fsp3) is 0.588. The van der Waals surface area contributed by atoms with Crippen LogP contribution in [0.25, 0.3) is 0 Å². The molecule has 0 aromatic heterocycles. The van der Waals surface area contributed by atoms with Gasteiger partial charge in [-0.1, -0.05) is 32.0 Å². The number of ether oxygens (including phenoxy) is 1. The van der Waals surface area contributed by atoms with Gasteiger partial charge < -0.3 is 4.74 Å². The molecule has 102 valence electrons. The highest BCUT2D eigenvalue weighted by Gasteiger charge is 2.53. The lowest BCUT2D eigenvalue weighted by molar-refractivity contribution is -0.103. The van der Waals surface area contributed by atoms with Gasteiger partial charge in [-0.15, -0.1) is 0 Å². The normalized spacial score (nSPS) is 17.9. The lowest BCUT2D eigenvalue weighted by Crippen LogP contribution is -2.56. The molecule has 2 rings (SSSR count). The van der Waals surface area contributed by atoms with Crippen LogP contribution in [0.2, 0.25) is 0 Å². The molecule has 1 saturated heterocycles. The molecule has 2 heteroatoms. The Morgan fingerprint density at radius 2 is 1.95 bits per heavy atom. The van der Waals surface area contributed by atoms with Crippen LogP contribution >= 0.6 is 0 Å². The Hall–Kier alpha value is -1.33. The fourth-order valence-corrected chi connectivity index (χ4v) is 2.78. The van der Waals surface area contributed by atoms with E-state index in [-0.39, 0.29) is 5.41 Å². The van der Waals surface area contributed by atoms with E-state index in [2.05, 4.69) is 45.0 Å². The summed E-state index contributed by atoms with van der Waals surface area (Å²) in [6.45, 7) is 11.9.